The first kappa shape index (κ1) is 20.5. The molecule has 0 radical (unpaired) electrons. The number of sulfonamides is 1. The highest BCUT2D eigenvalue weighted by atomic mass is 32.2. The molecule has 0 bridgehead atoms. The van der Waals surface area contributed by atoms with Gasteiger partial charge in [0.15, 0.2) is 0 Å². The van der Waals surface area contributed by atoms with Crippen LogP contribution in [-0.4, -0.2) is 29.3 Å². The Labute approximate surface area is 179 Å². The maximum absolute atomic E-state index is 12.5. The van der Waals surface area contributed by atoms with Crippen molar-refractivity contribution < 1.29 is 13.2 Å². The van der Waals surface area contributed by atoms with Crippen molar-refractivity contribution in [3.8, 4) is 16.9 Å². The lowest BCUT2D eigenvalue weighted by atomic mass is 10.1. The molecule has 4 aromatic rings. The number of anilines is 1. The van der Waals surface area contributed by atoms with E-state index in [1.54, 1.807) is 35.1 Å². The summed E-state index contributed by atoms with van der Waals surface area (Å²) in [4.78, 5) is 12.5. The summed E-state index contributed by atoms with van der Waals surface area (Å²) in [6.07, 6.45) is 1.69. The number of carbonyl (C=O) groups is 1. The Hall–Kier alpha value is -3.82. The van der Waals surface area contributed by atoms with E-state index in [1.807, 2.05) is 31.2 Å². The maximum atomic E-state index is 12.5. The predicted molar refractivity (Wildman–Crippen MR) is 117 cm³/mol. The monoisotopic (exact) mass is 433 g/mol. The molecule has 3 N–H and O–H groups in total. The third-order valence-electron chi connectivity index (χ3n) is 4.71. The number of carbonyl (C=O) groups excluding carboxylic acids is 1. The lowest BCUT2D eigenvalue weighted by Crippen LogP contribution is -2.14. The van der Waals surface area contributed by atoms with Crippen LogP contribution >= 0.6 is 0 Å². The molecule has 1 amide bonds. The summed E-state index contributed by atoms with van der Waals surface area (Å²) >= 11 is 0. The highest BCUT2D eigenvalue weighted by Crippen LogP contribution is 2.22. The van der Waals surface area contributed by atoms with Gasteiger partial charge in [-0.25, -0.2) is 18.2 Å². The number of aromatic nitrogens is 3. The highest BCUT2D eigenvalue weighted by molar-refractivity contribution is 7.89. The molecule has 9 heteroatoms. The van der Waals surface area contributed by atoms with Crippen molar-refractivity contribution in [2.75, 3.05) is 5.32 Å². The number of benzene rings is 3. The van der Waals surface area contributed by atoms with Gasteiger partial charge in [-0.05, 0) is 55.5 Å². The molecule has 4 rings (SSSR count). The highest BCUT2D eigenvalue weighted by Gasteiger charge is 2.12. The Morgan fingerprint density at radius 1 is 0.935 bits per heavy atom. The minimum absolute atomic E-state index is 0.0212. The van der Waals surface area contributed by atoms with E-state index in [0.717, 1.165) is 22.5 Å². The van der Waals surface area contributed by atoms with Crippen LogP contribution < -0.4 is 10.5 Å². The first-order chi connectivity index (χ1) is 14.8. The summed E-state index contributed by atoms with van der Waals surface area (Å²) in [6, 6.07) is 20.6. The number of nitrogens with two attached hydrogens (primary N) is 1. The van der Waals surface area contributed by atoms with Crippen molar-refractivity contribution in [1.82, 2.24) is 15.0 Å². The Bertz CT molecular complexity index is 1330. The fraction of sp³-hybridized carbons (Fsp3) is 0.0455. The van der Waals surface area contributed by atoms with E-state index in [2.05, 4.69) is 15.6 Å². The van der Waals surface area contributed by atoms with Crippen LogP contribution in [0.15, 0.2) is 83.9 Å². The standard InChI is InChI=1S/C22H19N5O3S/c1-15-2-4-16(5-3-15)21-14-24-26-27(21)19-10-6-17(7-11-19)22(28)25-18-8-12-20(13-9-18)31(23,29)30/h2-14H,1H3,(H,25,28)(H2,23,29,30). The molecular formula is C22H19N5O3S. The zero-order chi connectivity index (χ0) is 22.0. The number of hydrogen-bond acceptors (Lipinski definition) is 5. The third-order valence-corrected chi connectivity index (χ3v) is 5.64. The van der Waals surface area contributed by atoms with Crippen LogP contribution in [0.4, 0.5) is 5.69 Å². The van der Waals surface area contributed by atoms with Gasteiger partial charge in [0.2, 0.25) is 10.0 Å². The Morgan fingerprint density at radius 3 is 2.19 bits per heavy atom. The summed E-state index contributed by atoms with van der Waals surface area (Å²) in [5.41, 5.74) is 4.66. The van der Waals surface area contributed by atoms with Gasteiger partial charge in [-0.2, -0.15) is 0 Å². The third kappa shape index (κ3) is 4.52. The molecule has 3 aromatic carbocycles. The van der Waals surface area contributed by atoms with E-state index in [4.69, 9.17) is 5.14 Å². The maximum Gasteiger partial charge on any atom is 0.255 e. The van der Waals surface area contributed by atoms with Crippen molar-refractivity contribution in [3.05, 3.63) is 90.1 Å². The smallest absolute Gasteiger partial charge is 0.255 e. The van der Waals surface area contributed by atoms with E-state index in [1.165, 1.54) is 24.3 Å². The molecule has 0 saturated heterocycles. The Morgan fingerprint density at radius 2 is 1.58 bits per heavy atom. The van der Waals surface area contributed by atoms with Gasteiger partial charge < -0.3 is 5.32 Å². The molecule has 0 aliphatic heterocycles. The number of aryl methyl sites for hydroxylation is 1. The molecule has 1 heterocycles. The number of amides is 1. The van der Waals surface area contributed by atoms with Crippen LogP contribution in [0.2, 0.25) is 0 Å². The van der Waals surface area contributed by atoms with Crippen molar-refractivity contribution in [1.29, 1.82) is 0 Å². The first-order valence-corrected chi connectivity index (χ1v) is 10.9. The molecule has 0 atom stereocenters. The molecule has 156 valence electrons. The molecular weight excluding hydrogens is 414 g/mol. The van der Waals surface area contributed by atoms with Gasteiger partial charge in [0.25, 0.3) is 5.91 Å². The summed E-state index contributed by atoms with van der Waals surface area (Å²) in [7, 11) is -3.78. The van der Waals surface area contributed by atoms with Gasteiger partial charge in [0.05, 0.1) is 22.5 Å². The van der Waals surface area contributed by atoms with Crippen molar-refractivity contribution >= 4 is 21.6 Å². The van der Waals surface area contributed by atoms with E-state index >= 15 is 0 Å². The summed E-state index contributed by atoms with van der Waals surface area (Å²) in [5.74, 6) is -0.327. The largest absolute Gasteiger partial charge is 0.322 e. The van der Waals surface area contributed by atoms with Crippen LogP contribution in [0.25, 0.3) is 16.9 Å². The van der Waals surface area contributed by atoms with Crippen LogP contribution in [0.5, 0.6) is 0 Å². The quantitative estimate of drug-likeness (QED) is 0.501. The fourth-order valence-electron chi connectivity index (χ4n) is 3.03. The zero-order valence-corrected chi connectivity index (χ0v) is 17.4. The van der Waals surface area contributed by atoms with Crippen LogP contribution in [0.1, 0.15) is 15.9 Å². The number of hydrogen-bond donors (Lipinski definition) is 2. The van der Waals surface area contributed by atoms with Crippen molar-refractivity contribution in [2.24, 2.45) is 5.14 Å². The summed E-state index contributed by atoms with van der Waals surface area (Å²) in [6.45, 7) is 2.03. The van der Waals surface area contributed by atoms with Crippen molar-refractivity contribution in [3.63, 3.8) is 0 Å². The molecule has 8 nitrogen and oxygen atoms in total. The summed E-state index contributed by atoms with van der Waals surface area (Å²) < 4.78 is 24.4. The van der Waals surface area contributed by atoms with E-state index in [9.17, 15) is 13.2 Å². The second-order valence-electron chi connectivity index (χ2n) is 6.97. The van der Waals surface area contributed by atoms with Gasteiger partial charge in [-0.1, -0.05) is 35.0 Å². The molecule has 0 spiro atoms. The van der Waals surface area contributed by atoms with E-state index in [-0.39, 0.29) is 10.8 Å². The molecule has 0 unspecified atom stereocenters. The molecule has 0 aliphatic carbocycles. The normalized spacial score (nSPS) is 11.3. The van der Waals surface area contributed by atoms with Crippen molar-refractivity contribution in [2.45, 2.75) is 11.8 Å². The number of primary sulfonamides is 1. The topological polar surface area (TPSA) is 120 Å². The lowest BCUT2D eigenvalue weighted by Gasteiger charge is -2.09. The van der Waals surface area contributed by atoms with Gasteiger partial charge in [0.1, 0.15) is 0 Å². The number of nitrogens with zero attached hydrogens (tertiary/aromatic N) is 3. The average Bonchev–Trinajstić information content (AvgIpc) is 3.24. The van der Waals surface area contributed by atoms with Gasteiger partial charge in [-0.3, -0.25) is 4.79 Å². The molecule has 0 aliphatic rings. The van der Waals surface area contributed by atoms with E-state index < -0.39 is 10.0 Å². The molecule has 31 heavy (non-hydrogen) atoms. The molecule has 1 aromatic heterocycles. The minimum Gasteiger partial charge on any atom is -0.322 e. The predicted octanol–water partition coefficient (Wildman–Crippen LogP) is 3.14. The van der Waals surface area contributed by atoms with Gasteiger partial charge in [0, 0.05) is 16.8 Å². The average molecular weight is 433 g/mol. The minimum atomic E-state index is -3.78. The van der Waals surface area contributed by atoms with E-state index in [0.29, 0.717) is 11.3 Å². The second kappa shape index (κ2) is 8.13. The lowest BCUT2D eigenvalue weighted by molar-refractivity contribution is 0.102. The Balaban J connectivity index is 1.52. The first-order valence-electron chi connectivity index (χ1n) is 9.34. The molecule has 0 saturated carbocycles. The van der Waals surface area contributed by atoms with Crippen LogP contribution in [0, 0.1) is 6.92 Å². The number of nitrogens with one attached hydrogen (secondary N) is 1. The molecule has 0 fully saturated rings. The SMILES string of the molecule is Cc1ccc(-c2cnnn2-c2ccc(C(=O)Nc3ccc(S(N)(=O)=O)cc3)cc2)cc1. The Kier molecular flexibility index (Phi) is 5.37. The van der Waals surface area contributed by atoms with Crippen LogP contribution in [0.3, 0.4) is 0 Å². The second-order valence-corrected chi connectivity index (χ2v) is 8.53. The van der Waals surface area contributed by atoms with Gasteiger partial charge in [-0.15, -0.1) is 5.10 Å². The summed E-state index contributed by atoms with van der Waals surface area (Å²) in [5, 5.41) is 16.0. The van der Waals surface area contributed by atoms with Gasteiger partial charge >= 0.3 is 0 Å². The van der Waals surface area contributed by atoms with Crippen LogP contribution in [-0.2, 0) is 10.0 Å². The zero-order valence-electron chi connectivity index (χ0n) is 16.6. The fourth-order valence-corrected chi connectivity index (χ4v) is 3.55. The number of rotatable bonds is 5.